The molecule has 2 aromatic carbocycles. The number of nitrogens with zero attached hydrogens (tertiary/aromatic N) is 9. The fraction of sp³-hybridized carbons (Fsp3) is 0.347. The maximum atomic E-state index is 14.2. The number of piperidine rings is 1. The first-order chi connectivity index (χ1) is 32.7. The second-order valence-electron chi connectivity index (χ2n) is 16.7. The molecule has 19 heteroatoms. The van der Waals surface area contributed by atoms with Crippen LogP contribution in [0.5, 0.6) is 11.5 Å². The number of carboxylic acid groups (broad SMARTS) is 1. The molecule has 1 amide bonds. The number of aryl methyl sites for hydroxylation is 8. The molecule has 354 valence electrons. The van der Waals surface area contributed by atoms with Crippen LogP contribution in [0.1, 0.15) is 58.5 Å². The Morgan fingerprint density at radius 1 is 0.691 bits per heavy atom. The topological polar surface area (TPSA) is 210 Å². The lowest BCUT2D eigenvalue weighted by molar-refractivity contribution is -0.137. The molecular formula is C49H51F2N9O8. The Balaban J connectivity index is 0.000000187. The number of amides is 1. The number of carbonyl (C=O) groups excluding carboxylic acids is 1. The SMILES string of the molecule is COc1ccc(CCc2nc3cc(-c4c(C)noc4C)cnc3n2CC(=O)N2CCC(O)CC2)cc1F.COc1ccc(CCc2nc3cc(-c4c(C)noc4C)cnc3n2CC(=O)O)cc1F. The Morgan fingerprint density at radius 2 is 1.15 bits per heavy atom. The van der Waals surface area contributed by atoms with Crippen LogP contribution < -0.4 is 9.47 Å². The Bertz CT molecular complexity index is 3090. The Hall–Kier alpha value is -7.54. The van der Waals surface area contributed by atoms with Gasteiger partial charge in [0.2, 0.25) is 5.91 Å². The van der Waals surface area contributed by atoms with Gasteiger partial charge in [-0.25, -0.2) is 28.7 Å². The van der Waals surface area contributed by atoms with Gasteiger partial charge in [-0.3, -0.25) is 9.59 Å². The largest absolute Gasteiger partial charge is 0.494 e. The Labute approximate surface area is 389 Å². The highest BCUT2D eigenvalue weighted by Gasteiger charge is 2.25. The highest BCUT2D eigenvalue weighted by molar-refractivity contribution is 5.83. The summed E-state index contributed by atoms with van der Waals surface area (Å²) in [6.45, 7) is 8.28. The molecule has 0 spiro atoms. The molecule has 0 saturated carbocycles. The summed E-state index contributed by atoms with van der Waals surface area (Å²) in [4.78, 5) is 45.0. The van der Waals surface area contributed by atoms with Crippen molar-refractivity contribution < 1.29 is 47.1 Å². The van der Waals surface area contributed by atoms with Crippen molar-refractivity contribution in [2.45, 2.75) is 85.4 Å². The van der Waals surface area contributed by atoms with Crippen LogP contribution in [0.15, 0.2) is 70.0 Å². The number of carboxylic acids is 1. The summed E-state index contributed by atoms with van der Waals surface area (Å²) in [5.41, 5.74) is 8.76. The molecule has 0 aliphatic carbocycles. The number of aliphatic carboxylic acids is 1. The maximum absolute atomic E-state index is 14.2. The van der Waals surface area contributed by atoms with Crippen molar-refractivity contribution in [2.75, 3.05) is 27.3 Å². The molecule has 1 aliphatic rings. The molecule has 17 nitrogen and oxygen atoms in total. The first-order valence-corrected chi connectivity index (χ1v) is 22.1. The number of pyridine rings is 2. The number of benzene rings is 2. The lowest BCUT2D eigenvalue weighted by Gasteiger charge is -2.29. The van der Waals surface area contributed by atoms with Gasteiger partial charge < -0.3 is 42.8 Å². The van der Waals surface area contributed by atoms with Crippen LogP contribution in [0.2, 0.25) is 0 Å². The van der Waals surface area contributed by atoms with E-state index in [4.69, 9.17) is 23.5 Å². The predicted molar refractivity (Wildman–Crippen MR) is 245 cm³/mol. The van der Waals surface area contributed by atoms with E-state index in [0.717, 1.165) is 44.8 Å². The number of fused-ring (bicyclic) bond motifs is 2. The van der Waals surface area contributed by atoms with Crippen molar-refractivity contribution in [3.05, 3.63) is 118 Å². The molecular weight excluding hydrogens is 881 g/mol. The molecule has 1 saturated heterocycles. The number of methoxy groups -OCH3 is 2. The molecule has 0 unspecified atom stereocenters. The third-order valence-electron chi connectivity index (χ3n) is 12.1. The number of aromatic nitrogens is 8. The van der Waals surface area contributed by atoms with Crippen molar-refractivity contribution in [1.29, 1.82) is 0 Å². The molecule has 0 radical (unpaired) electrons. The summed E-state index contributed by atoms with van der Waals surface area (Å²) in [6.07, 6.45) is 6.14. The van der Waals surface area contributed by atoms with Crippen LogP contribution in [0.3, 0.4) is 0 Å². The fourth-order valence-electron chi connectivity index (χ4n) is 8.62. The van der Waals surface area contributed by atoms with Gasteiger partial charge in [-0.1, -0.05) is 22.4 Å². The molecule has 6 aromatic heterocycles. The van der Waals surface area contributed by atoms with Crippen molar-refractivity contribution in [2.24, 2.45) is 0 Å². The first-order valence-electron chi connectivity index (χ1n) is 22.1. The van der Waals surface area contributed by atoms with Crippen LogP contribution >= 0.6 is 0 Å². The second kappa shape index (κ2) is 20.1. The Morgan fingerprint density at radius 3 is 1.54 bits per heavy atom. The highest BCUT2D eigenvalue weighted by atomic mass is 19.1. The van der Waals surface area contributed by atoms with Gasteiger partial charge in [-0.15, -0.1) is 0 Å². The van der Waals surface area contributed by atoms with E-state index in [1.165, 1.54) is 26.4 Å². The summed E-state index contributed by atoms with van der Waals surface area (Å²) in [5.74, 6) is 1.12. The van der Waals surface area contributed by atoms with E-state index < -0.39 is 17.6 Å². The van der Waals surface area contributed by atoms with Gasteiger partial charge >= 0.3 is 5.97 Å². The van der Waals surface area contributed by atoms with Crippen LogP contribution in [-0.4, -0.2) is 99.8 Å². The van der Waals surface area contributed by atoms with E-state index in [9.17, 15) is 28.6 Å². The number of carbonyl (C=O) groups is 2. The third-order valence-corrected chi connectivity index (χ3v) is 12.1. The van der Waals surface area contributed by atoms with Crippen LogP contribution in [0, 0.1) is 39.3 Å². The zero-order chi connectivity index (χ0) is 48.2. The summed E-state index contributed by atoms with van der Waals surface area (Å²) in [6, 6.07) is 13.4. The number of hydrogen-bond acceptors (Lipinski definition) is 13. The number of ether oxygens (including phenoxy) is 2. The average Bonchev–Trinajstić information content (AvgIpc) is 4.06. The van der Waals surface area contributed by atoms with Gasteiger partial charge in [0, 0.05) is 60.6 Å². The van der Waals surface area contributed by atoms with Crippen molar-refractivity contribution in [3.8, 4) is 33.8 Å². The van der Waals surface area contributed by atoms with E-state index >= 15 is 0 Å². The summed E-state index contributed by atoms with van der Waals surface area (Å²) >= 11 is 0. The molecule has 2 N–H and O–H groups in total. The number of halogens is 2. The summed E-state index contributed by atoms with van der Waals surface area (Å²) < 4.78 is 52.2. The molecule has 1 fully saturated rings. The van der Waals surface area contributed by atoms with Gasteiger partial charge in [0.05, 0.1) is 31.7 Å². The standard InChI is InChI=1S/C27H30FN5O4.C22H21FN4O4/c1-16-26(17(2)37-31-16)19-13-22-27(29-14-19)33(15-25(35)32-10-8-20(34)9-11-32)24(30-22)7-5-18-4-6-23(36-3)21(28)12-18;1-12-21(13(2)31-26-12)15-9-17-22(24-10-15)27(11-20(28)29)19(25-17)7-5-14-4-6-18(30-3)16(23)8-14/h4,6,12-14,20,34H,5,7-11,15H2,1-3H3;4,6,8-10H,5,7,11H2,1-3H3,(H,28,29). The minimum Gasteiger partial charge on any atom is -0.494 e. The van der Waals surface area contributed by atoms with E-state index in [1.54, 1.807) is 40.1 Å². The van der Waals surface area contributed by atoms with E-state index in [1.807, 2.05) is 50.5 Å². The van der Waals surface area contributed by atoms with Crippen LogP contribution in [0.25, 0.3) is 44.6 Å². The van der Waals surface area contributed by atoms with E-state index in [0.29, 0.717) is 97.1 Å². The van der Waals surface area contributed by atoms with Gasteiger partial charge in [0.1, 0.15) is 47.3 Å². The van der Waals surface area contributed by atoms with Crippen molar-refractivity contribution >= 4 is 34.2 Å². The van der Waals surface area contributed by atoms with E-state index in [2.05, 4.69) is 25.3 Å². The monoisotopic (exact) mass is 931 g/mol. The van der Waals surface area contributed by atoms with E-state index in [-0.39, 0.29) is 36.6 Å². The number of rotatable bonds is 14. The maximum Gasteiger partial charge on any atom is 0.323 e. The minimum absolute atomic E-state index is 0.0421. The zero-order valence-corrected chi connectivity index (χ0v) is 38.5. The fourth-order valence-corrected chi connectivity index (χ4v) is 8.62. The molecule has 1 aliphatic heterocycles. The normalized spacial score (nSPS) is 13.0. The minimum atomic E-state index is -0.993. The van der Waals surface area contributed by atoms with Gasteiger partial charge in [-0.05, 0) is 101 Å². The summed E-state index contributed by atoms with van der Waals surface area (Å²) in [7, 11) is 2.85. The van der Waals surface area contributed by atoms with Gasteiger partial charge in [0.15, 0.2) is 34.4 Å². The quantitative estimate of drug-likeness (QED) is 0.109. The highest BCUT2D eigenvalue weighted by Crippen LogP contribution is 2.31. The summed E-state index contributed by atoms with van der Waals surface area (Å²) in [5, 5.41) is 27.2. The Kier molecular flexibility index (Phi) is 13.9. The predicted octanol–water partition coefficient (Wildman–Crippen LogP) is 7.34. The number of imidazole rings is 2. The second-order valence-corrected chi connectivity index (χ2v) is 16.7. The first kappa shape index (κ1) is 47.0. The van der Waals surface area contributed by atoms with Gasteiger partial charge in [-0.2, -0.15) is 0 Å². The van der Waals surface area contributed by atoms with Crippen molar-refractivity contribution in [3.63, 3.8) is 0 Å². The lowest BCUT2D eigenvalue weighted by Crippen LogP contribution is -2.41. The number of likely N-dealkylation sites (tertiary alicyclic amines) is 1. The molecule has 9 rings (SSSR count). The molecule has 7 heterocycles. The van der Waals surface area contributed by atoms with Crippen LogP contribution in [-0.2, 0) is 48.4 Å². The van der Waals surface area contributed by atoms with Gasteiger partial charge in [0.25, 0.3) is 0 Å². The molecule has 68 heavy (non-hydrogen) atoms. The van der Waals surface area contributed by atoms with Crippen molar-refractivity contribution in [1.82, 2.24) is 44.3 Å². The molecule has 0 bridgehead atoms. The average molecular weight is 932 g/mol. The van der Waals surface area contributed by atoms with Crippen LogP contribution in [0.4, 0.5) is 8.78 Å². The number of aliphatic hydroxyl groups is 1. The molecule has 0 atom stereocenters. The zero-order valence-electron chi connectivity index (χ0n) is 38.5. The smallest absolute Gasteiger partial charge is 0.323 e. The number of aliphatic hydroxyl groups excluding tert-OH is 1. The third kappa shape index (κ3) is 10.1. The molecule has 8 aromatic rings. The lowest BCUT2D eigenvalue weighted by atomic mass is 10.1. The number of hydrogen-bond donors (Lipinski definition) is 2.